The average molecular weight is 428 g/mol. The molecule has 0 saturated heterocycles. The number of aromatic nitrogens is 2. The molecule has 150 valence electrons. The summed E-state index contributed by atoms with van der Waals surface area (Å²) in [4.78, 5) is 17.6. The van der Waals surface area contributed by atoms with E-state index in [1.165, 1.54) is 11.3 Å². The second kappa shape index (κ2) is 7.69. The maximum absolute atomic E-state index is 12.5. The van der Waals surface area contributed by atoms with E-state index in [9.17, 15) is 4.79 Å². The van der Waals surface area contributed by atoms with Crippen LogP contribution >= 0.6 is 22.9 Å². The quantitative estimate of drug-likeness (QED) is 0.405. The van der Waals surface area contributed by atoms with Gasteiger partial charge in [0.15, 0.2) is 4.47 Å². The number of esters is 1. The number of carbonyl (C=O) groups is 1. The number of hydrogen-bond acceptors (Lipinski definition) is 5. The van der Waals surface area contributed by atoms with Crippen LogP contribution in [0.25, 0.3) is 21.8 Å². The fourth-order valence-corrected chi connectivity index (χ4v) is 4.31. The molecule has 0 saturated carbocycles. The molecule has 0 bridgehead atoms. The van der Waals surface area contributed by atoms with Gasteiger partial charge >= 0.3 is 5.97 Å². The summed E-state index contributed by atoms with van der Waals surface area (Å²) in [5.74, 6) is -0.246. The summed E-state index contributed by atoms with van der Waals surface area (Å²) in [5.41, 5.74) is 2.51. The van der Waals surface area contributed by atoms with Crippen molar-refractivity contribution in [3.8, 4) is 0 Å². The van der Waals surface area contributed by atoms with Crippen molar-refractivity contribution in [3.05, 3.63) is 58.0 Å². The van der Waals surface area contributed by atoms with Crippen molar-refractivity contribution in [2.24, 2.45) is 0 Å². The third kappa shape index (κ3) is 4.38. The molecule has 0 aliphatic carbocycles. The molecule has 0 aliphatic heterocycles. The molecule has 0 atom stereocenters. The Hall–Kier alpha value is -2.57. The third-order valence-electron chi connectivity index (χ3n) is 4.47. The van der Waals surface area contributed by atoms with Crippen LogP contribution in [-0.2, 0) is 22.6 Å². The van der Waals surface area contributed by atoms with Crippen LogP contribution in [0.1, 0.15) is 25.6 Å². The summed E-state index contributed by atoms with van der Waals surface area (Å²) in [5, 5.41) is 5.62. The van der Waals surface area contributed by atoms with E-state index in [0.29, 0.717) is 11.0 Å². The maximum atomic E-state index is 12.5. The topological polar surface area (TPSA) is 56.1 Å². The first-order chi connectivity index (χ1) is 13.8. The van der Waals surface area contributed by atoms with Crippen LogP contribution in [0.5, 0.6) is 0 Å². The van der Waals surface area contributed by atoms with E-state index in [2.05, 4.69) is 22.4 Å². The van der Waals surface area contributed by atoms with Gasteiger partial charge in [-0.1, -0.05) is 29.8 Å². The van der Waals surface area contributed by atoms with Crippen LogP contribution in [0.15, 0.2) is 48.7 Å². The molecule has 0 fully saturated rings. The van der Waals surface area contributed by atoms with E-state index >= 15 is 0 Å². The van der Waals surface area contributed by atoms with Gasteiger partial charge in [0.05, 0.1) is 6.54 Å². The van der Waals surface area contributed by atoms with Crippen LogP contribution in [0.3, 0.4) is 0 Å². The highest BCUT2D eigenvalue weighted by atomic mass is 35.5. The van der Waals surface area contributed by atoms with Crippen molar-refractivity contribution < 1.29 is 9.53 Å². The maximum Gasteiger partial charge on any atom is 0.326 e. The van der Waals surface area contributed by atoms with Crippen LogP contribution in [0.2, 0.25) is 4.47 Å². The lowest BCUT2D eigenvalue weighted by molar-refractivity contribution is -0.155. The van der Waals surface area contributed by atoms with Crippen LogP contribution in [0, 0.1) is 0 Å². The van der Waals surface area contributed by atoms with Gasteiger partial charge in [0, 0.05) is 38.6 Å². The minimum absolute atomic E-state index is 0.174. The highest BCUT2D eigenvalue weighted by Crippen LogP contribution is 2.31. The second-order valence-electron chi connectivity index (χ2n) is 7.85. The number of hydrogen-bond donors (Lipinski definition) is 1. The zero-order valence-electron chi connectivity index (χ0n) is 16.5. The number of nitrogens with zero attached hydrogens (tertiary/aromatic N) is 2. The molecule has 0 amide bonds. The number of thiazole rings is 1. The predicted molar refractivity (Wildman–Crippen MR) is 120 cm³/mol. The van der Waals surface area contributed by atoms with Gasteiger partial charge in [0.1, 0.15) is 12.1 Å². The first kappa shape index (κ1) is 19.7. The summed E-state index contributed by atoms with van der Waals surface area (Å²) in [6.07, 6.45) is 1.78. The molecule has 4 aromatic rings. The fraction of sp³-hybridized carbons (Fsp3) is 0.273. The van der Waals surface area contributed by atoms with Gasteiger partial charge in [0.2, 0.25) is 0 Å². The summed E-state index contributed by atoms with van der Waals surface area (Å²) in [6, 6.07) is 14.3. The van der Waals surface area contributed by atoms with Gasteiger partial charge in [-0.25, -0.2) is 4.98 Å². The van der Waals surface area contributed by atoms with Crippen molar-refractivity contribution in [3.63, 3.8) is 0 Å². The predicted octanol–water partition coefficient (Wildman–Crippen LogP) is 5.86. The number of benzene rings is 2. The van der Waals surface area contributed by atoms with E-state index < -0.39 is 5.60 Å². The van der Waals surface area contributed by atoms with Crippen LogP contribution < -0.4 is 5.32 Å². The monoisotopic (exact) mass is 427 g/mol. The second-order valence-corrected chi connectivity index (χ2v) is 9.55. The number of rotatable bonds is 5. The summed E-state index contributed by atoms with van der Waals surface area (Å²) in [7, 11) is 0. The highest BCUT2D eigenvalue weighted by molar-refractivity contribution is 7.15. The van der Waals surface area contributed by atoms with Gasteiger partial charge in [-0.2, -0.15) is 0 Å². The van der Waals surface area contributed by atoms with Gasteiger partial charge in [-0.05, 0) is 45.0 Å². The average Bonchev–Trinajstić information content (AvgIpc) is 3.20. The Labute approximate surface area is 178 Å². The Kier molecular flexibility index (Phi) is 5.23. The molecular formula is C22H22ClN3O2S. The summed E-state index contributed by atoms with van der Waals surface area (Å²) in [6.45, 7) is 6.47. The van der Waals surface area contributed by atoms with E-state index in [0.717, 1.165) is 32.4 Å². The van der Waals surface area contributed by atoms with Gasteiger partial charge in [-0.15, -0.1) is 11.3 Å². The van der Waals surface area contributed by atoms with Crippen molar-refractivity contribution in [2.75, 3.05) is 5.32 Å². The Morgan fingerprint density at radius 2 is 1.93 bits per heavy atom. The number of ether oxygens (including phenoxy) is 1. The van der Waals surface area contributed by atoms with Crippen molar-refractivity contribution in [1.29, 1.82) is 0 Å². The molecule has 0 radical (unpaired) electrons. The van der Waals surface area contributed by atoms with E-state index in [1.807, 2.05) is 55.7 Å². The molecule has 7 heteroatoms. The minimum Gasteiger partial charge on any atom is -0.459 e. The van der Waals surface area contributed by atoms with E-state index in [1.54, 1.807) is 6.20 Å². The largest absolute Gasteiger partial charge is 0.459 e. The zero-order chi connectivity index (χ0) is 20.6. The van der Waals surface area contributed by atoms with E-state index in [4.69, 9.17) is 16.3 Å². The molecule has 2 aromatic heterocycles. The van der Waals surface area contributed by atoms with Crippen LogP contribution in [-0.4, -0.2) is 21.1 Å². The fourth-order valence-electron chi connectivity index (χ4n) is 3.39. The first-order valence-corrected chi connectivity index (χ1v) is 10.6. The number of fused-ring (bicyclic) bond motifs is 3. The number of carbonyl (C=O) groups excluding carboxylic acids is 1. The van der Waals surface area contributed by atoms with Gasteiger partial charge < -0.3 is 14.6 Å². The Morgan fingerprint density at radius 3 is 2.66 bits per heavy atom. The number of anilines is 1. The summed E-state index contributed by atoms with van der Waals surface area (Å²) < 4.78 is 8.10. The minimum atomic E-state index is -0.507. The van der Waals surface area contributed by atoms with Gasteiger partial charge in [-0.3, -0.25) is 4.79 Å². The normalized spacial score (nSPS) is 11.9. The molecule has 5 nitrogen and oxygen atoms in total. The van der Waals surface area contributed by atoms with Gasteiger partial charge in [0.25, 0.3) is 0 Å². The molecule has 4 rings (SSSR count). The number of halogens is 1. The molecule has 1 N–H and O–H groups in total. The van der Waals surface area contributed by atoms with Crippen molar-refractivity contribution in [1.82, 2.24) is 9.55 Å². The highest BCUT2D eigenvalue weighted by Gasteiger charge is 2.19. The van der Waals surface area contributed by atoms with E-state index in [-0.39, 0.29) is 12.5 Å². The SMILES string of the molecule is CC(C)(C)OC(=O)Cn1c2ccccc2c2cc(NCc3cnc(Cl)s3)ccc21. The molecule has 29 heavy (non-hydrogen) atoms. The molecule has 2 aromatic carbocycles. The van der Waals surface area contributed by atoms with Crippen molar-refractivity contribution in [2.45, 2.75) is 39.5 Å². The lowest BCUT2D eigenvalue weighted by atomic mass is 10.1. The Morgan fingerprint density at radius 1 is 1.17 bits per heavy atom. The standard InChI is InChI=1S/C22H22ClN3O2S/c1-22(2,3)28-20(27)13-26-18-7-5-4-6-16(18)17-10-14(8-9-19(17)26)24-11-15-12-25-21(23)29-15/h4-10,12,24H,11,13H2,1-3H3. The Balaban J connectivity index is 1.67. The molecule has 2 heterocycles. The molecule has 0 unspecified atom stereocenters. The first-order valence-electron chi connectivity index (χ1n) is 9.37. The lowest BCUT2D eigenvalue weighted by Crippen LogP contribution is -2.26. The van der Waals surface area contributed by atoms with Crippen molar-refractivity contribution >= 4 is 56.4 Å². The number of nitrogens with one attached hydrogen (secondary N) is 1. The molecule has 0 spiro atoms. The number of para-hydroxylation sites is 1. The summed E-state index contributed by atoms with van der Waals surface area (Å²) >= 11 is 7.37. The zero-order valence-corrected chi connectivity index (χ0v) is 18.1. The molecular weight excluding hydrogens is 406 g/mol. The smallest absolute Gasteiger partial charge is 0.326 e. The molecule has 0 aliphatic rings. The van der Waals surface area contributed by atoms with Crippen LogP contribution in [0.4, 0.5) is 5.69 Å². The lowest BCUT2D eigenvalue weighted by Gasteiger charge is -2.20. The Bertz CT molecular complexity index is 1190. The third-order valence-corrected chi connectivity index (χ3v) is 5.59.